The molecule has 1 amide bonds. The van der Waals surface area contributed by atoms with E-state index >= 15 is 0 Å². The van der Waals surface area contributed by atoms with Crippen LogP contribution in [-0.2, 0) is 17.6 Å². The van der Waals surface area contributed by atoms with Gasteiger partial charge in [0.1, 0.15) is 11.5 Å². The number of aryl methyl sites for hydroxylation is 1. The Kier molecular flexibility index (Phi) is 10.6. The number of amides is 1. The largest absolute Gasteiger partial charge is 0.493 e. The van der Waals surface area contributed by atoms with Crippen LogP contribution < -0.4 is 14.8 Å². The van der Waals surface area contributed by atoms with Crippen LogP contribution in [0.4, 0.5) is 0 Å². The molecule has 2 unspecified atom stereocenters. The Morgan fingerprint density at radius 2 is 1.56 bits per heavy atom. The highest BCUT2D eigenvalue weighted by Crippen LogP contribution is 2.26. The molecule has 1 saturated carbocycles. The maximum atomic E-state index is 13.1. The van der Waals surface area contributed by atoms with E-state index in [4.69, 9.17) is 21.1 Å². The predicted molar refractivity (Wildman–Crippen MR) is 155 cm³/mol. The van der Waals surface area contributed by atoms with Crippen molar-refractivity contribution in [1.82, 2.24) is 5.32 Å². The van der Waals surface area contributed by atoms with Crippen molar-refractivity contribution in [2.45, 2.75) is 51.0 Å². The molecule has 4 rings (SSSR count). The van der Waals surface area contributed by atoms with E-state index in [9.17, 15) is 24.6 Å². The summed E-state index contributed by atoms with van der Waals surface area (Å²) in [6.45, 7) is 0.892. The number of benzene rings is 3. The number of carboxylic acids is 2. The van der Waals surface area contributed by atoms with Gasteiger partial charge in [-0.05, 0) is 85.7 Å². The lowest BCUT2D eigenvalue weighted by Gasteiger charge is -2.27. The molecule has 1 fully saturated rings. The first-order valence-corrected chi connectivity index (χ1v) is 14.2. The maximum absolute atomic E-state index is 13.1. The fourth-order valence-electron chi connectivity index (χ4n) is 4.92. The fourth-order valence-corrected chi connectivity index (χ4v) is 5.05. The summed E-state index contributed by atoms with van der Waals surface area (Å²) in [5, 5.41) is 22.3. The lowest BCUT2D eigenvalue weighted by molar-refractivity contribution is -0.143. The number of hydrogen-bond acceptors (Lipinski definition) is 5. The number of carbonyl (C=O) groups is 3. The molecule has 0 heterocycles. The average molecular weight is 580 g/mol. The molecule has 3 N–H and O–H groups in total. The molecule has 8 nitrogen and oxygen atoms in total. The minimum Gasteiger partial charge on any atom is -0.493 e. The Labute approximate surface area is 244 Å². The fraction of sp³-hybridized carbons (Fsp3) is 0.344. The van der Waals surface area contributed by atoms with Crippen molar-refractivity contribution in [1.29, 1.82) is 0 Å². The molecular weight excluding hydrogens is 546 g/mol. The number of carboxylic acid groups (broad SMARTS) is 2. The molecule has 3 aromatic rings. The lowest BCUT2D eigenvalue weighted by atomic mass is 9.85. The Bertz CT molecular complexity index is 1340. The summed E-state index contributed by atoms with van der Waals surface area (Å²) < 4.78 is 11.8. The summed E-state index contributed by atoms with van der Waals surface area (Å²) in [4.78, 5) is 36.0. The van der Waals surface area contributed by atoms with E-state index in [0.717, 1.165) is 29.7 Å². The molecule has 9 heteroatoms. The first kappa shape index (κ1) is 29.9. The molecule has 0 spiro atoms. The van der Waals surface area contributed by atoms with E-state index in [-0.39, 0.29) is 17.2 Å². The standard InChI is InChI=1S/C32H34ClNO7/c33-25-11-6-22(7-12-25)16-18-40-27-13-8-21(9-14-27)3-2-17-41-29-15-10-24(32(38)39)20-28(29)30(35)34-26-5-1-4-23(19-26)31(36)37/h6-15,20,23,26H,1-5,16-19H2,(H,34,35)(H,36,37)(H,38,39). The summed E-state index contributed by atoms with van der Waals surface area (Å²) in [7, 11) is 0. The van der Waals surface area contributed by atoms with E-state index in [1.165, 1.54) is 18.2 Å². The van der Waals surface area contributed by atoms with Gasteiger partial charge in [-0.15, -0.1) is 0 Å². The maximum Gasteiger partial charge on any atom is 0.335 e. The molecule has 216 valence electrons. The van der Waals surface area contributed by atoms with Crippen LogP contribution in [0.3, 0.4) is 0 Å². The highest BCUT2D eigenvalue weighted by molar-refractivity contribution is 6.30. The van der Waals surface area contributed by atoms with Crippen molar-refractivity contribution >= 4 is 29.4 Å². The summed E-state index contributed by atoms with van der Waals surface area (Å²) >= 11 is 5.92. The zero-order valence-electron chi connectivity index (χ0n) is 22.7. The Morgan fingerprint density at radius 3 is 2.27 bits per heavy atom. The molecule has 41 heavy (non-hydrogen) atoms. The van der Waals surface area contributed by atoms with Gasteiger partial charge in [0.25, 0.3) is 5.91 Å². The summed E-state index contributed by atoms with van der Waals surface area (Å²) in [5.41, 5.74) is 2.38. The normalized spacial score (nSPS) is 16.5. The van der Waals surface area contributed by atoms with Gasteiger partial charge in [0.15, 0.2) is 0 Å². The van der Waals surface area contributed by atoms with Crippen LogP contribution in [0.1, 0.15) is 63.9 Å². The van der Waals surface area contributed by atoms with E-state index in [2.05, 4.69) is 5.32 Å². The van der Waals surface area contributed by atoms with E-state index in [0.29, 0.717) is 56.1 Å². The second-order valence-electron chi connectivity index (χ2n) is 10.2. The Balaban J connectivity index is 1.27. The molecular formula is C32H34ClNO7. The number of halogens is 1. The summed E-state index contributed by atoms with van der Waals surface area (Å²) in [5.74, 6) is -1.89. The van der Waals surface area contributed by atoms with E-state index in [1.54, 1.807) is 0 Å². The molecule has 0 aromatic heterocycles. The molecule has 0 bridgehead atoms. The van der Waals surface area contributed by atoms with Crippen LogP contribution in [0.2, 0.25) is 5.02 Å². The number of rotatable bonds is 13. The summed E-state index contributed by atoms with van der Waals surface area (Å²) in [6, 6.07) is 19.5. The smallest absolute Gasteiger partial charge is 0.335 e. The highest BCUT2D eigenvalue weighted by Gasteiger charge is 2.29. The molecule has 0 aliphatic heterocycles. The molecule has 0 saturated heterocycles. The van der Waals surface area contributed by atoms with E-state index < -0.39 is 23.8 Å². The van der Waals surface area contributed by atoms with Crippen LogP contribution in [0.5, 0.6) is 11.5 Å². The third-order valence-corrected chi connectivity index (χ3v) is 7.45. The van der Waals surface area contributed by atoms with Gasteiger partial charge in [-0.3, -0.25) is 9.59 Å². The zero-order valence-corrected chi connectivity index (χ0v) is 23.4. The number of aliphatic carboxylic acids is 1. The number of hydrogen-bond donors (Lipinski definition) is 3. The zero-order chi connectivity index (χ0) is 29.2. The van der Waals surface area contributed by atoms with Crippen molar-refractivity contribution < 1.29 is 34.1 Å². The number of aromatic carboxylic acids is 1. The SMILES string of the molecule is O=C(O)c1ccc(OCCCc2ccc(OCCc3ccc(Cl)cc3)cc2)c(C(=O)NC2CCCC(C(=O)O)C2)c1. The van der Waals surface area contributed by atoms with Crippen LogP contribution >= 0.6 is 11.6 Å². The van der Waals surface area contributed by atoms with Gasteiger partial charge in [0.05, 0.1) is 30.3 Å². The highest BCUT2D eigenvalue weighted by atomic mass is 35.5. The molecule has 0 radical (unpaired) electrons. The molecule has 2 atom stereocenters. The molecule has 1 aliphatic rings. The van der Waals surface area contributed by atoms with Gasteiger partial charge in [0.2, 0.25) is 0 Å². The van der Waals surface area contributed by atoms with Gasteiger partial charge in [0, 0.05) is 17.5 Å². The minimum atomic E-state index is -1.15. The van der Waals surface area contributed by atoms with Crippen molar-refractivity contribution in [2.75, 3.05) is 13.2 Å². The number of ether oxygens (including phenoxy) is 2. The quantitative estimate of drug-likeness (QED) is 0.211. The van der Waals surface area contributed by atoms with Crippen molar-refractivity contribution in [3.05, 3.63) is 94.0 Å². The van der Waals surface area contributed by atoms with Gasteiger partial charge in [-0.2, -0.15) is 0 Å². The topological polar surface area (TPSA) is 122 Å². The Morgan fingerprint density at radius 1 is 0.854 bits per heavy atom. The van der Waals surface area contributed by atoms with Crippen LogP contribution in [0.25, 0.3) is 0 Å². The van der Waals surface area contributed by atoms with E-state index in [1.807, 2.05) is 48.5 Å². The van der Waals surface area contributed by atoms with Gasteiger partial charge in [-0.1, -0.05) is 42.3 Å². The third-order valence-electron chi connectivity index (χ3n) is 7.19. The summed E-state index contributed by atoms with van der Waals surface area (Å²) in [6.07, 6.45) is 4.53. The second kappa shape index (κ2) is 14.6. The van der Waals surface area contributed by atoms with Crippen LogP contribution in [0, 0.1) is 5.92 Å². The molecule has 1 aliphatic carbocycles. The first-order chi connectivity index (χ1) is 19.8. The van der Waals surface area contributed by atoms with Gasteiger partial charge < -0.3 is 25.0 Å². The van der Waals surface area contributed by atoms with Gasteiger partial charge >= 0.3 is 11.9 Å². The van der Waals surface area contributed by atoms with Crippen LogP contribution in [0.15, 0.2) is 66.7 Å². The lowest BCUT2D eigenvalue weighted by Crippen LogP contribution is -2.40. The number of carbonyl (C=O) groups excluding carboxylic acids is 1. The first-order valence-electron chi connectivity index (χ1n) is 13.8. The second-order valence-corrected chi connectivity index (χ2v) is 10.6. The van der Waals surface area contributed by atoms with Crippen molar-refractivity contribution in [2.24, 2.45) is 5.92 Å². The Hall–Kier alpha value is -4.04. The van der Waals surface area contributed by atoms with Crippen molar-refractivity contribution in [3.63, 3.8) is 0 Å². The molecule has 3 aromatic carbocycles. The monoisotopic (exact) mass is 579 g/mol. The average Bonchev–Trinajstić information content (AvgIpc) is 2.97. The van der Waals surface area contributed by atoms with Crippen molar-refractivity contribution in [3.8, 4) is 11.5 Å². The minimum absolute atomic E-state index is 0.0231. The predicted octanol–water partition coefficient (Wildman–Crippen LogP) is 6.04. The third kappa shape index (κ3) is 8.98. The van der Waals surface area contributed by atoms with Gasteiger partial charge in [-0.25, -0.2) is 4.79 Å². The van der Waals surface area contributed by atoms with Crippen LogP contribution in [-0.4, -0.2) is 47.3 Å². The number of nitrogens with one attached hydrogen (secondary N) is 1.